The lowest BCUT2D eigenvalue weighted by molar-refractivity contribution is -0.384. The number of non-ortho nitro benzene ring substituents is 1. The zero-order valence-corrected chi connectivity index (χ0v) is 11.4. The minimum absolute atomic E-state index is 0.00222. The Morgan fingerprint density at radius 1 is 1.45 bits per heavy atom. The van der Waals surface area contributed by atoms with Gasteiger partial charge in [0.1, 0.15) is 0 Å². The number of aliphatic hydroxyl groups is 1. The number of nitro groups is 1. The van der Waals surface area contributed by atoms with Crippen LogP contribution in [0, 0.1) is 16.0 Å². The van der Waals surface area contributed by atoms with Crippen LogP contribution in [0.5, 0.6) is 0 Å². The predicted molar refractivity (Wildman–Crippen MR) is 73.2 cm³/mol. The second-order valence-corrected chi connectivity index (χ2v) is 5.27. The summed E-state index contributed by atoms with van der Waals surface area (Å²) in [6.45, 7) is 3.06. The van der Waals surface area contributed by atoms with Gasteiger partial charge in [-0.05, 0) is 17.9 Å². The normalized spacial score (nSPS) is 22.6. The SMILES string of the molecule is CC1CN(C(=O)Cc2ccc([N+](=O)[O-])cc2)CCC1O. The maximum absolute atomic E-state index is 12.1. The van der Waals surface area contributed by atoms with E-state index in [9.17, 15) is 20.0 Å². The Morgan fingerprint density at radius 2 is 2.10 bits per heavy atom. The number of nitrogens with zero attached hydrogens (tertiary/aromatic N) is 2. The number of rotatable bonds is 3. The fourth-order valence-corrected chi connectivity index (χ4v) is 2.38. The fourth-order valence-electron chi connectivity index (χ4n) is 2.38. The number of nitro benzene ring substituents is 1. The first-order valence-corrected chi connectivity index (χ1v) is 6.66. The van der Waals surface area contributed by atoms with Crippen molar-refractivity contribution in [3.05, 3.63) is 39.9 Å². The fraction of sp³-hybridized carbons (Fsp3) is 0.500. The smallest absolute Gasteiger partial charge is 0.269 e. The lowest BCUT2D eigenvalue weighted by Crippen LogP contribution is -2.45. The molecule has 1 aliphatic heterocycles. The van der Waals surface area contributed by atoms with Gasteiger partial charge >= 0.3 is 0 Å². The minimum Gasteiger partial charge on any atom is -0.393 e. The molecule has 6 heteroatoms. The third kappa shape index (κ3) is 3.33. The van der Waals surface area contributed by atoms with E-state index in [1.54, 1.807) is 17.0 Å². The zero-order valence-electron chi connectivity index (χ0n) is 11.4. The molecule has 1 heterocycles. The summed E-state index contributed by atoms with van der Waals surface area (Å²) in [5, 5.41) is 20.2. The van der Waals surface area contributed by atoms with E-state index < -0.39 is 4.92 Å². The van der Waals surface area contributed by atoms with Crippen LogP contribution in [0.15, 0.2) is 24.3 Å². The van der Waals surface area contributed by atoms with Crippen molar-refractivity contribution < 1.29 is 14.8 Å². The lowest BCUT2D eigenvalue weighted by Gasteiger charge is -2.34. The van der Waals surface area contributed by atoms with Gasteiger partial charge in [-0.2, -0.15) is 0 Å². The molecule has 2 rings (SSSR count). The van der Waals surface area contributed by atoms with Crippen molar-refractivity contribution in [2.75, 3.05) is 13.1 Å². The van der Waals surface area contributed by atoms with E-state index in [0.29, 0.717) is 19.5 Å². The molecule has 1 N–H and O–H groups in total. The quantitative estimate of drug-likeness (QED) is 0.668. The monoisotopic (exact) mass is 278 g/mol. The molecule has 2 atom stereocenters. The van der Waals surface area contributed by atoms with Crippen LogP contribution in [0.2, 0.25) is 0 Å². The van der Waals surface area contributed by atoms with E-state index in [1.165, 1.54) is 12.1 Å². The van der Waals surface area contributed by atoms with Gasteiger partial charge in [-0.3, -0.25) is 14.9 Å². The first-order chi connectivity index (χ1) is 9.47. The molecule has 108 valence electrons. The second-order valence-electron chi connectivity index (χ2n) is 5.27. The van der Waals surface area contributed by atoms with Crippen molar-refractivity contribution in [1.29, 1.82) is 0 Å². The molecule has 1 fully saturated rings. The van der Waals surface area contributed by atoms with Gasteiger partial charge in [0.15, 0.2) is 0 Å². The molecule has 1 aromatic carbocycles. The Morgan fingerprint density at radius 3 is 2.65 bits per heavy atom. The van der Waals surface area contributed by atoms with E-state index in [0.717, 1.165) is 5.56 Å². The van der Waals surface area contributed by atoms with Crippen LogP contribution in [0.4, 0.5) is 5.69 Å². The molecule has 0 radical (unpaired) electrons. The number of amides is 1. The molecule has 1 saturated heterocycles. The Hall–Kier alpha value is -1.95. The van der Waals surface area contributed by atoms with Crippen molar-refractivity contribution in [2.24, 2.45) is 5.92 Å². The number of carbonyl (C=O) groups excluding carboxylic acids is 1. The van der Waals surface area contributed by atoms with E-state index in [4.69, 9.17) is 0 Å². The van der Waals surface area contributed by atoms with Gasteiger partial charge < -0.3 is 10.0 Å². The van der Waals surface area contributed by atoms with Gasteiger partial charge in [0.2, 0.25) is 5.91 Å². The van der Waals surface area contributed by atoms with Crippen LogP contribution in [0.1, 0.15) is 18.9 Å². The number of benzene rings is 1. The highest BCUT2D eigenvalue weighted by Crippen LogP contribution is 2.18. The van der Waals surface area contributed by atoms with Crippen LogP contribution in [-0.2, 0) is 11.2 Å². The van der Waals surface area contributed by atoms with E-state index in [2.05, 4.69) is 0 Å². The summed E-state index contributed by atoms with van der Waals surface area (Å²) in [4.78, 5) is 24.0. The number of piperidine rings is 1. The van der Waals surface area contributed by atoms with Crippen molar-refractivity contribution in [1.82, 2.24) is 4.90 Å². The average molecular weight is 278 g/mol. The van der Waals surface area contributed by atoms with Crippen molar-refractivity contribution >= 4 is 11.6 Å². The Labute approximate surface area is 117 Å². The maximum Gasteiger partial charge on any atom is 0.269 e. The summed E-state index contributed by atoms with van der Waals surface area (Å²) in [5.41, 5.74) is 0.787. The van der Waals surface area contributed by atoms with E-state index in [-0.39, 0.29) is 30.0 Å². The average Bonchev–Trinajstić information content (AvgIpc) is 2.42. The summed E-state index contributed by atoms with van der Waals surface area (Å²) in [7, 11) is 0. The maximum atomic E-state index is 12.1. The molecular formula is C14H18N2O4. The summed E-state index contributed by atoms with van der Waals surface area (Å²) in [6, 6.07) is 6.03. The van der Waals surface area contributed by atoms with Gasteiger partial charge in [0, 0.05) is 25.2 Å². The summed E-state index contributed by atoms with van der Waals surface area (Å²) < 4.78 is 0. The summed E-state index contributed by atoms with van der Waals surface area (Å²) in [5.74, 6) is 0.0853. The Kier molecular flexibility index (Phi) is 4.34. The highest BCUT2D eigenvalue weighted by molar-refractivity contribution is 5.79. The highest BCUT2D eigenvalue weighted by Gasteiger charge is 2.27. The number of likely N-dealkylation sites (tertiary alicyclic amines) is 1. The molecule has 0 aromatic heterocycles. The predicted octanol–water partition coefficient (Wildman–Crippen LogP) is 1.37. The van der Waals surface area contributed by atoms with Crippen LogP contribution in [0.3, 0.4) is 0 Å². The van der Waals surface area contributed by atoms with Gasteiger partial charge in [0.25, 0.3) is 5.69 Å². The van der Waals surface area contributed by atoms with Gasteiger partial charge in [-0.15, -0.1) is 0 Å². The topological polar surface area (TPSA) is 83.7 Å². The number of hydrogen-bond donors (Lipinski definition) is 1. The number of carbonyl (C=O) groups is 1. The molecular weight excluding hydrogens is 260 g/mol. The molecule has 0 aliphatic carbocycles. The molecule has 20 heavy (non-hydrogen) atoms. The Balaban J connectivity index is 1.96. The summed E-state index contributed by atoms with van der Waals surface area (Å²) in [6.07, 6.45) is 0.506. The van der Waals surface area contributed by atoms with Gasteiger partial charge in [0.05, 0.1) is 17.4 Å². The van der Waals surface area contributed by atoms with Crippen molar-refractivity contribution in [2.45, 2.75) is 25.9 Å². The largest absolute Gasteiger partial charge is 0.393 e. The molecule has 0 saturated carbocycles. The third-order valence-electron chi connectivity index (χ3n) is 3.72. The first-order valence-electron chi connectivity index (χ1n) is 6.66. The number of hydrogen-bond acceptors (Lipinski definition) is 4. The summed E-state index contributed by atoms with van der Waals surface area (Å²) >= 11 is 0. The van der Waals surface area contributed by atoms with E-state index >= 15 is 0 Å². The molecule has 1 amide bonds. The highest BCUT2D eigenvalue weighted by atomic mass is 16.6. The van der Waals surface area contributed by atoms with Gasteiger partial charge in [-0.1, -0.05) is 19.1 Å². The molecule has 0 bridgehead atoms. The number of aliphatic hydroxyl groups excluding tert-OH is 1. The van der Waals surface area contributed by atoms with E-state index in [1.807, 2.05) is 6.92 Å². The molecule has 0 spiro atoms. The van der Waals surface area contributed by atoms with Crippen LogP contribution < -0.4 is 0 Å². The Bertz CT molecular complexity index is 500. The zero-order chi connectivity index (χ0) is 14.7. The van der Waals surface area contributed by atoms with Crippen molar-refractivity contribution in [3.63, 3.8) is 0 Å². The molecule has 1 aromatic rings. The minimum atomic E-state index is -0.459. The van der Waals surface area contributed by atoms with Crippen LogP contribution in [0.25, 0.3) is 0 Å². The van der Waals surface area contributed by atoms with Crippen LogP contribution >= 0.6 is 0 Å². The third-order valence-corrected chi connectivity index (χ3v) is 3.72. The first kappa shape index (κ1) is 14.5. The van der Waals surface area contributed by atoms with Crippen LogP contribution in [-0.4, -0.2) is 40.0 Å². The molecule has 6 nitrogen and oxygen atoms in total. The van der Waals surface area contributed by atoms with Crippen molar-refractivity contribution in [3.8, 4) is 0 Å². The molecule has 1 aliphatic rings. The van der Waals surface area contributed by atoms with Gasteiger partial charge in [-0.25, -0.2) is 0 Å². The second kappa shape index (κ2) is 6.00. The lowest BCUT2D eigenvalue weighted by atomic mass is 9.96. The molecule has 2 unspecified atom stereocenters. The standard InChI is InChI=1S/C14H18N2O4/c1-10-9-15(7-6-13(10)17)14(18)8-11-2-4-12(5-3-11)16(19)20/h2-5,10,13,17H,6-9H2,1H3.